The Bertz CT molecular complexity index is 1330. The molecule has 0 spiro atoms. The number of hydrogen-bond donors (Lipinski definition) is 2. The minimum atomic E-state index is -3.89. The van der Waals surface area contributed by atoms with E-state index in [1.54, 1.807) is 63.9 Å². The summed E-state index contributed by atoms with van der Waals surface area (Å²) >= 11 is 0. The number of ether oxygens (including phenoxy) is 2. The summed E-state index contributed by atoms with van der Waals surface area (Å²) in [6.45, 7) is 0. The minimum absolute atomic E-state index is 0.0710. The van der Waals surface area contributed by atoms with Gasteiger partial charge in [0, 0.05) is 37.1 Å². The number of sulfonamides is 1. The third-order valence-corrected chi connectivity index (χ3v) is 6.02. The molecule has 0 unspecified atom stereocenters. The van der Waals surface area contributed by atoms with Crippen molar-refractivity contribution in [3.63, 3.8) is 0 Å². The molecule has 2 N–H and O–H groups in total. The van der Waals surface area contributed by atoms with Crippen LogP contribution in [0, 0.1) is 0 Å². The van der Waals surface area contributed by atoms with Gasteiger partial charge in [0.15, 0.2) is 16.7 Å². The van der Waals surface area contributed by atoms with Gasteiger partial charge < -0.3 is 19.4 Å². The molecule has 0 aliphatic heterocycles. The number of rotatable bonds is 7. The third-order valence-electron chi connectivity index (χ3n) is 4.59. The Hall–Kier alpha value is -3.79. The Morgan fingerprint density at radius 2 is 1.48 bits per heavy atom. The van der Waals surface area contributed by atoms with Crippen molar-refractivity contribution < 1.29 is 17.9 Å². The van der Waals surface area contributed by atoms with Gasteiger partial charge in [-0.3, -0.25) is 4.72 Å². The highest BCUT2D eigenvalue weighted by Gasteiger charge is 2.21. The molecule has 0 fully saturated rings. The molecule has 9 nitrogen and oxygen atoms in total. The number of aryl methyl sites for hydroxylation is 1. The lowest BCUT2D eigenvalue weighted by Crippen LogP contribution is -2.18. The number of benzene rings is 2. The van der Waals surface area contributed by atoms with Gasteiger partial charge in [-0.15, -0.1) is 0 Å². The van der Waals surface area contributed by atoms with Crippen molar-refractivity contribution in [2.45, 2.75) is 5.03 Å². The third kappa shape index (κ3) is 4.24. The molecule has 4 rings (SSSR count). The van der Waals surface area contributed by atoms with E-state index in [0.29, 0.717) is 28.2 Å². The van der Waals surface area contributed by atoms with Gasteiger partial charge in [-0.05, 0) is 24.3 Å². The fourth-order valence-corrected chi connectivity index (χ4v) is 4.28. The van der Waals surface area contributed by atoms with Crippen LogP contribution in [0.25, 0.3) is 11.0 Å². The standard InChI is InChI=1S/C21H21N5O4S/c1-26-10-6-9-19(26)31(27,28)25-21-20(23-17-7-4-5-8-18(17)24-21)22-14-11-15(29-2)13-16(12-14)30-3/h4-13H,1-3H3,(H,22,23)(H,24,25). The molecule has 0 radical (unpaired) electrons. The monoisotopic (exact) mass is 439 g/mol. The van der Waals surface area contributed by atoms with Crippen LogP contribution in [0.2, 0.25) is 0 Å². The summed E-state index contributed by atoms with van der Waals surface area (Å²) in [5.41, 5.74) is 1.77. The van der Waals surface area contributed by atoms with Crippen LogP contribution in [0.15, 0.2) is 65.8 Å². The highest BCUT2D eigenvalue weighted by Crippen LogP contribution is 2.31. The Kier molecular flexibility index (Phi) is 5.38. The predicted molar refractivity (Wildman–Crippen MR) is 119 cm³/mol. The highest BCUT2D eigenvalue weighted by molar-refractivity contribution is 7.92. The topological polar surface area (TPSA) is 107 Å². The second-order valence-electron chi connectivity index (χ2n) is 6.70. The van der Waals surface area contributed by atoms with Crippen molar-refractivity contribution in [1.29, 1.82) is 0 Å². The van der Waals surface area contributed by atoms with Crippen LogP contribution in [-0.2, 0) is 17.1 Å². The molecule has 0 aliphatic rings. The van der Waals surface area contributed by atoms with Gasteiger partial charge in [0.05, 0.1) is 25.3 Å². The van der Waals surface area contributed by atoms with Crippen LogP contribution in [0.5, 0.6) is 11.5 Å². The molecule has 160 valence electrons. The zero-order valence-electron chi connectivity index (χ0n) is 17.2. The smallest absolute Gasteiger partial charge is 0.278 e. The predicted octanol–water partition coefficient (Wildman–Crippen LogP) is 3.53. The first kappa shape index (κ1) is 20.5. The second-order valence-corrected chi connectivity index (χ2v) is 8.33. The van der Waals surface area contributed by atoms with E-state index in [0.717, 1.165) is 0 Å². The molecule has 2 aromatic carbocycles. The molecular weight excluding hydrogens is 418 g/mol. The Morgan fingerprint density at radius 3 is 2.03 bits per heavy atom. The molecule has 0 aliphatic carbocycles. The average molecular weight is 439 g/mol. The maximum Gasteiger partial charge on any atom is 0.278 e. The number of fused-ring (bicyclic) bond motifs is 1. The van der Waals surface area contributed by atoms with Gasteiger partial charge in [-0.2, -0.15) is 8.42 Å². The maximum absolute atomic E-state index is 13.0. The van der Waals surface area contributed by atoms with E-state index < -0.39 is 10.0 Å². The van der Waals surface area contributed by atoms with Crippen molar-refractivity contribution in [3.8, 4) is 11.5 Å². The van der Waals surface area contributed by atoms with E-state index in [2.05, 4.69) is 20.0 Å². The van der Waals surface area contributed by atoms with Crippen molar-refractivity contribution in [2.24, 2.45) is 7.05 Å². The summed E-state index contributed by atoms with van der Waals surface area (Å²) in [5.74, 6) is 1.46. The molecule has 0 saturated heterocycles. The lowest BCUT2D eigenvalue weighted by molar-refractivity contribution is 0.395. The van der Waals surface area contributed by atoms with E-state index in [9.17, 15) is 8.42 Å². The molecule has 2 aromatic heterocycles. The van der Waals surface area contributed by atoms with Crippen molar-refractivity contribution >= 4 is 38.4 Å². The average Bonchev–Trinajstić information content (AvgIpc) is 3.20. The first-order valence-corrected chi connectivity index (χ1v) is 10.8. The maximum atomic E-state index is 13.0. The molecule has 31 heavy (non-hydrogen) atoms. The molecule has 0 amide bonds. The summed E-state index contributed by atoms with van der Waals surface area (Å²) in [4.78, 5) is 9.07. The zero-order chi connectivity index (χ0) is 22.0. The minimum Gasteiger partial charge on any atom is -0.497 e. The van der Waals surface area contributed by atoms with Crippen molar-refractivity contribution in [1.82, 2.24) is 14.5 Å². The molecular formula is C21H21N5O4S. The van der Waals surface area contributed by atoms with Crippen LogP contribution in [-0.4, -0.2) is 37.2 Å². The molecule has 0 bridgehead atoms. The number of nitrogens with zero attached hydrogens (tertiary/aromatic N) is 3. The molecule has 0 saturated carbocycles. The number of aromatic nitrogens is 3. The second kappa shape index (κ2) is 8.15. The first-order valence-electron chi connectivity index (χ1n) is 9.30. The van der Waals surface area contributed by atoms with Gasteiger partial charge in [0.25, 0.3) is 10.0 Å². The Morgan fingerprint density at radius 1 is 0.871 bits per heavy atom. The molecule has 10 heteroatoms. The van der Waals surface area contributed by atoms with Crippen LogP contribution in [0.3, 0.4) is 0 Å². The number of nitrogens with one attached hydrogen (secondary N) is 2. The normalized spacial score (nSPS) is 11.3. The Labute approximate surface area is 179 Å². The number of para-hydroxylation sites is 2. The van der Waals surface area contributed by atoms with E-state index >= 15 is 0 Å². The molecule has 0 atom stereocenters. The van der Waals surface area contributed by atoms with Gasteiger partial charge in [-0.1, -0.05) is 12.1 Å². The van der Waals surface area contributed by atoms with Gasteiger partial charge in [0.1, 0.15) is 11.5 Å². The van der Waals surface area contributed by atoms with Crippen LogP contribution in [0.4, 0.5) is 17.3 Å². The fourth-order valence-electron chi connectivity index (χ4n) is 3.08. The van der Waals surface area contributed by atoms with E-state index in [-0.39, 0.29) is 16.7 Å². The van der Waals surface area contributed by atoms with Crippen molar-refractivity contribution in [2.75, 3.05) is 24.3 Å². The van der Waals surface area contributed by atoms with Crippen LogP contribution >= 0.6 is 0 Å². The number of hydrogen-bond acceptors (Lipinski definition) is 7. The summed E-state index contributed by atoms with van der Waals surface area (Å²) in [5, 5.41) is 3.24. The summed E-state index contributed by atoms with van der Waals surface area (Å²) in [6.07, 6.45) is 1.66. The Balaban J connectivity index is 1.80. The number of methoxy groups -OCH3 is 2. The summed E-state index contributed by atoms with van der Waals surface area (Å²) < 4.78 is 40.6. The summed E-state index contributed by atoms with van der Waals surface area (Å²) in [7, 11) is 0.865. The quantitative estimate of drug-likeness (QED) is 0.454. The van der Waals surface area contributed by atoms with E-state index in [1.807, 2.05) is 12.1 Å². The van der Waals surface area contributed by atoms with Crippen LogP contribution in [0.1, 0.15) is 0 Å². The highest BCUT2D eigenvalue weighted by atomic mass is 32.2. The van der Waals surface area contributed by atoms with E-state index in [1.165, 1.54) is 10.6 Å². The largest absolute Gasteiger partial charge is 0.497 e. The van der Waals surface area contributed by atoms with Gasteiger partial charge in [0.2, 0.25) is 0 Å². The van der Waals surface area contributed by atoms with Gasteiger partial charge in [-0.25, -0.2) is 9.97 Å². The lowest BCUT2D eigenvalue weighted by Gasteiger charge is -2.15. The van der Waals surface area contributed by atoms with Gasteiger partial charge >= 0.3 is 0 Å². The summed E-state index contributed by atoms with van der Waals surface area (Å²) in [6, 6.07) is 15.6. The molecule has 4 aromatic rings. The number of anilines is 3. The van der Waals surface area contributed by atoms with Crippen molar-refractivity contribution in [3.05, 3.63) is 60.8 Å². The van der Waals surface area contributed by atoms with Crippen LogP contribution < -0.4 is 19.5 Å². The van der Waals surface area contributed by atoms with E-state index in [4.69, 9.17) is 9.47 Å². The zero-order valence-corrected chi connectivity index (χ0v) is 18.0. The first-order chi connectivity index (χ1) is 14.9. The fraction of sp³-hybridized carbons (Fsp3) is 0.143. The SMILES string of the molecule is COc1cc(Nc2nc3ccccc3nc2NS(=O)(=O)c2cccn2C)cc(OC)c1. The molecule has 2 heterocycles. The lowest BCUT2D eigenvalue weighted by atomic mass is 10.2.